The molecule has 0 radical (unpaired) electrons. The van der Waals surface area contributed by atoms with E-state index >= 15 is 0 Å². The maximum atomic E-state index is 4.67. The first-order valence-corrected chi connectivity index (χ1v) is 9.30. The number of hydrogen-bond acceptors (Lipinski definition) is 4. The van der Waals surface area contributed by atoms with Gasteiger partial charge in [-0.15, -0.1) is 11.3 Å². The van der Waals surface area contributed by atoms with E-state index in [2.05, 4.69) is 56.0 Å². The highest BCUT2D eigenvalue weighted by Gasteiger charge is 2.31. The first-order chi connectivity index (χ1) is 10.0. The lowest BCUT2D eigenvalue weighted by molar-refractivity contribution is 0.0802. The molecule has 1 aromatic heterocycles. The molecule has 0 saturated carbocycles. The number of rotatable bonds is 6. The molecule has 0 aromatic carbocycles. The Morgan fingerprint density at radius 1 is 1.38 bits per heavy atom. The highest BCUT2D eigenvalue weighted by molar-refractivity contribution is 7.11. The van der Waals surface area contributed by atoms with E-state index in [1.807, 2.05) is 11.3 Å². The Hall–Kier alpha value is -0.450. The molecule has 0 bridgehead atoms. The lowest BCUT2D eigenvalue weighted by Gasteiger charge is -2.43. The minimum atomic E-state index is 0.442. The zero-order valence-electron chi connectivity index (χ0n) is 14.2. The van der Waals surface area contributed by atoms with E-state index in [4.69, 9.17) is 0 Å². The van der Waals surface area contributed by atoms with Crippen LogP contribution in [0.2, 0.25) is 0 Å². The lowest BCUT2D eigenvalue weighted by Crippen LogP contribution is -2.57. The first-order valence-electron chi connectivity index (χ1n) is 8.48. The maximum absolute atomic E-state index is 4.67. The Balaban J connectivity index is 2.08. The van der Waals surface area contributed by atoms with Crippen molar-refractivity contribution >= 4 is 11.3 Å². The van der Waals surface area contributed by atoms with Gasteiger partial charge in [0.15, 0.2) is 0 Å². The van der Waals surface area contributed by atoms with Gasteiger partial charge in [0.1, 0.15) is 5.01 Å². The van der Waals surface area contributed by atoms with Gasteiger partial charge in [-0.25, -0.2) is 4.98 Å². The number of nitrogens with zero attached hydrogens (tertiary/aromatic N) is 2. The molecule has 0 aliphatic carbocycles. The van der Waals surface area contributed by atoms with Crippen molar-refractivity contribution < 1.29 is 0 Å². The van der Waals surface area contributed by atoms with Crippen molar-refractivity contribution in [1.29, 1.82) is 0 Å². The van der Waals surface area contributed by atoms with E-state index in [0.717, 1.165) is 25.4 Å². The summed E-state index contributed by atoms with van der Waals surface area (Å²) in [7, 11) is 0. The molecule has 3 unspecified atom stereocenters. The summed E-state index contributed by atoms with van der Waals surface area (Å²) in [6.07, 6.45) is 5.62. The number of nitrogens with one attached hydrogen (secondary N) is 1. The smallest absolute Gasteiger partial charge is 0.110 e. The third kappa shape index (κ3) is 4.27. The van der Waals surface area contributed by atoms with E-state index in [1.165, 1.54) is 22.7 Å². The Labute approximate surface area is 134 Å². The standard InChI is InChI=1S/C17H31N3S/c1-6-15-9-18-14(8-12(3)4)11-20(15)13(5)17-19-10-16(7-2)21-17/h10,12-15,18H,6-9,11H2,1-5H3. The molecule has 2 rings (SSSR count). The molecule has 21 heavy (non-hydrogen) atoms. The summed E-state index contributed by atoms with van der Waals surface area (Å²) in [6, 6.07) is 1.70. The van der Waals surface area contributed by atoms with Crippen molar-refractivity contribution in [2.45, 2.75) is 72.0 Å². The Kier molecular flexibility index (Phi) is 6.20. The van der Waals surface area contributed by atoms with Crippen molar-refractivity contribution in [2.75, 3.05) is 13.1 Å². The average molecular weight is 310 g/mol. The molecule has 3 nitrogen and oxygen atoms in total. The monoisotopic (exact) mass is 309 g/mol. The van der Waals surface area contributed by atoms with E-state index in [0.29, 0.717) is 18.1 Å². The van der Waals surface area contributed by atoms with Gasteiger partial charge in [0, 0.05) is 36.2 Å². The molecule has 2 heterocycles. The second-order valence-electron chi connectivity index (χ2n) is 6.69. The minimum Gasteiger partial charge on any atom is -0.311 e. The van der Waals surface area contributed by atoms with Crippen LogP contribution < -0.4 is 5.32 Å². The van der Waals surface area contributed by atoms with Crippen LogP contribution in [0.5, 0.6) is 0 Å². The number of thiazole rings is 1. The van der Waals surface area contributed by atoms with Crippen LogP contribution >= 0.6 is 11.3 Å². The van der Waals surface area contributed by atoms with Crippen LogP contribution in [0.25, 0.3) is 0 Å². The predicted octanol–water partition coefficient (Wildman–Crippen LogP) is 3.87. The fourth-order valence-corrected chi connectivity index (χ4v) is 4.22. The fraction of sp³-hybridized carbons (Fsp3) is 0.824. The van der Waals surface area contributed by atoms with E-state index in [-0.39, 0.29) is 0 Å². The average Bonchev–Trinajstić information content (AvgIpc) is 2.94. The van der Waals surface area contributed by atoms with E-state index in [1.54, 1.807) is 0 Å². The summed E-state index contributed by atoms with van der Waals surface area (Å²) >= 11 is 1.89. The van der Waals surface area contributed by atoms with Gasteiger partial charge in [-0.05, 0) is 32.1 Å². The van der Waals surface area contributed by atoms with Gasteiger partial charge in [0.25, 0.3) is 0 Å². The van der Waals surface area contributed by atoms with Gasteiger partial charge in [0.05, 0.1) is 6.04 Å². The summed E-state index contributed by atoms with van der Waals surface area (Å²) in [5, 5.41) is 5.03. The van der Waals surface area contributed by atoms with Crippen molar-refractivity contribution in [3.8, 4) is 0 Å². The van der Waals surface area contributed by atoms with Crippen molar-refractivity contribution in [2.24, 2.45) is 5.92 Å². The molecular weight excluding hydrogens is 278 g/mol. The molecule has 4 heteroatoms. The summed E-state index contributed by atoms with van der Waals surface area (Å²) in [5.74, 6) is 0.754. The lowest BCUT2D eigenvalue weighted by atomic mass is 9.98. The number of hydrogen-bond donors (Lipinski definition) is 1. The van der Waals surface area contributed by atoms with Crippen LogP contribution in [0.4, 0.5) is 0 Å². The zero-order valence-corrected chi connectivity index (χ0v) is 15.0. The normalized spacial score (nSPS) is 25.4. The summed E-state index contributed by atoms with van der Waals surface area (Å²) in [6.45, 7) is 13.7. The molecular formula is C17H31N3S. The molecule has 1 aliphatic heterocycles. The summed E-state index contributed by atoms with van der Waals surface area (Å²) in [4.78, 5) is 8.76. The van der Waals surface area contributed by atoms with Crippen molar-refractivity contribution in [1.82, 2.24) is 15.2 Å². The summed E-state index contributed by atoms with van der Waals surface area (Å²) in [5.41, 5.74) is 0. The van der Waals surface area contributed by atoms with Crippen LogP contribution in [0.3, 0.4) is 0 Å². The molecule has 0 spiro atoms. The van der Waals surface area contributed by atoms with Gasteiger partial charge in [-0.2, -0.15) is 0 Å². The minimum absolute atomic E-state index is 0.442. The zero-order chi connectivity index (χ0) is 15.4. The molecule has 0 amide bonds. The SMILES string of the molecule is CCc1cnc(C(C)N2CC(CC(C)C)NCC2CC)s1. The third-order valence-electron chi connectivity index (χ3n) is 4.54. The fourth-order valence-electron chi connectivity index (χ4n) is 3.29. The molecule has 1 N–H and O–H groups in total. The van der Waals surface area contributed by atoms with Gasteiger partial charge < -0.3 is 5.32 Å². The second-order valence-corrected chi connectivity index (χ2v) is 7.83. The topological polar surface area (TPSA) is 28.2 Å². The number of aryl methyl sites for hydroxylation is 1. The quantitative estimate of drug-likeness (QED) is 0.865. The molecule has 1 saturated heterocycles. The number of piperazine rings is 1. The largest absolute Gasteiger partial charge is 0.311 e. The van der Waals surface area contributed by atoms with E-state index in [9.17, 15) is 0 Å². The third-order valence-corrected chi connectivity index (χ3v) is 5.86. The molecule has 1 aromatic rings. The van der Waals surface area contributed by atoms with Crippen molar-refractivity contribution in [3.05, 3.63) is 16.1 Å². The highest BCUT2D eigenvalue weighted by Crippen LogP contribution is 2.29. The number of aromatic nitrogens is 1. The Morgan fingerprint density at radius 2 is 2.14 bits per heavy atom. The maximum Gasteiger partial charge on any atom is 0.110 e. The molecule has 120 valence electrons. The Morgan fingerprint density at radius 3 is 2.71 bits per heavy atom. The van der Waals surface area contributed by atoms with Crippen LogP contribution in [0, 0.1) is 5.92 Å². The molecule has 3 atom stereocenters. The predicted molar refractivity (Wildman–Crippen MR) is 91.9 cm³/mol. The van der Waals surface area contributed by atoms with Crippen LogP contribution in [0.15, 0.2) is 6.20 Å². The van der Waals surface area contributed by atoms with Crippen LogP contribution in [0.1, 0.15) is 63.4 Å². The van der Waals surface area contributed by atoms with Gasteiger partial charge in [0.2, 0.25) is 0 Å². The highest BCUT2D eigenvalue weighted by atomic mass is 32.1. The molecule has 1 fully saturated rings. The van der Waals surface area contributed by atoms with Crippen LogP contribution in [-0.2, 0) is 6.42 Å². The second kappa shape index (κ2) is 7.70. The summed E-state index contributed by atoms with van der Waals surface area (Å²) < 4.78 is 0. The van der Waals surface area contributed by atoms with Gasteiger partial charge >= 0.3 is 0 Å². The van der Waals surface area contributed by atoms with Gasteiger partial charge in [-0.3, -0.25) is 4.90 Å². The van der Waals surface area contributed by atoms with E-state index < -0.39 is 0 Å². The Bertz CT molecular complexity index is 429. The molecule has 1 aliphatic rings. The van der Waals surface area contributed by atoms with Gasteiger partial charge in [-0.1, -0.05) is 27.7 Å². The first kappa shape index (κ1) is 16.9. The van der Waals surface area contributed by atoms with Crippen LogP contribution in [-0.4, -0.2) is 35.1 Å². The van der Waals surface area contributed by atoms with Crippen molar-refractivity contribution in [3.63, 3.8) is 0 Å².